The molecule has 7 heteroatoms. The van der Waals surface area contributed by atoms with Crippen LogP contribution in [-0.4, -0.2) is 48.4 Å². The number of carbonyl (C=O) groups excluding carboxylic acids is 1. The van der Waals surface area contributed by atoms with Gasteiger partial charge in [0, 0.05) is 20.1 Å². The number of hydrogen-bond acceptors (Lipinski definition) is 4. The van der Waals surface area contributed by atoms with E-state index in [1.165, 1.54) is 5.56 Å². The predicted octanol–water partition coefficient (Wildman–Crippen LogP) is 1.93. The average molecular weight is 350 g/mol. The smallest absolute Gasteiger partial charge is 0.272 e. The molecule has 1 aromatic carbocycles. The molecule has 134 valence electrons. The summed E-state index contributed by atoms with van der Waals surface area (Å²) in [6.45, 7) is 5.43. The average Bonchev–Trinajstić information content (AvgIpc) is 3.17. The Bertz CT molecular complexity index is 914. The monoisotopic (exact) mass is 350 g/mol. The molecule has 0 aliphatic carbocycles. The number of aromatic nitrogens is 5. The van der Waals surface area contributed by atoms with Crippen molar-refractivity contribution in [3.05, 3.63) is 59.4 Å². The SMILES string of the molecule is Cc1ccc(-n2cc(CC3CN(C(=O)c4c(C)ncn4C)C3)nn2)cc1. The summed E-state index contributed by atoms with van der Waals surface area (Å²) in [7, 11) is 1.86. The first-order valence-electron chi connectivity index (χ1n) is 8.76. The van der Waals surface area contributed by atoms with Crippen molar-refractivity contribution in [3.8, 4) is 5.69 Å². The Morgan fingerprint density at radius 1 is 1.19 bits per heavy atom. The van der Waals surface area contributed by atoms with Gasteiger partial charge in [-0.25, -0.2) is 9.67 Å². The highest BCUT2D eigenvalue weighted by Crippen LogP contribution is 2.23. The van der Waals surface area contributed by atoms with Crippen LogP contribution >= 0.6 is 0 Å². The second-order valence-corrected chi connectivity index (χ2v) is 7.06. The maximum atomic E-state index is 12.6. The molecule has 4 rings (SSSR count). The Morgan fingerprint density at radius 2 is 1.92 bits per heavy atom. The van der Waals surface area contributed by atoms with Gasteiger partial charge in [0.2, 0.25) is 0 Å². The molecule has 0 bridgehead atoms. The van der Waals surface area contributed by atoms with Gasteiger partial charge in [-0.2, -0.15) is 0 Å². The highest BCUT2D eigenvalue weighted by atomic mass is 16.2. The van der Waals surface area contributed by atoms with Crippen LogP contribution in [0.2, 0.25) is 0 Å². The molecule has 0 radical (unpaired) electrons. The fourth-order valence-corrected chi connectivity index (χ4v) is 3.38. The number of rotatable bonds is 4. The molecule has 1 aliphatic heterocycles. The molecule has 0 spiro atoms. The molecule has 1 saturated heterocycles. The second kappa shape index (κ2) is 6.40. The minimum Gasteiger partial charge on any atom is -0.337 e. The summed E-state index contributed by atoms with van der Waals surface area (Å²) in [6.07, 6.45) is 4.49. The van der Waals surface area contributed by atoms with Crippen molar-refractivity contribution in [2.45, 2.75) is 20.3 Å². The summed E-state index contributed by atoms with van der Waals surface area (Å²) in [6, 6.07) is 8.20. The summed E-state index contributed by atoms with van der Waals surface area (Å²) in [5.74, 6) is 0.484. The van der Waals surface area contributed by atoms with Gasteiger partial charge >= 0.3 is 0 Å². The summed E-state index contributed by atoms with van der Waals surface area (Å²) in [5, 5.41) is 8.50. The Labute approximate surface area is 152 Å². The van der Waals surface area contributed by atoms with E-state index in [1.54, 1.807) is 15.6 Å². The van der Waals surface area contributed by atoms with E-state index in [-0.39, 0.29) is 5.91 Å². The topological polar surface area (TPSA) is 68.8 Å². The number of carbonyl (C=O) groups is 1. The van der Waals surface area contributed by atoms with Crippen molar-refractivity contribution in [2.75, 3.05) is 13.1 Å². The molecular formula is C19H22N6O. The van der Waals surface area contributed by atoms with Crippen LogP contribution in [0.5, 0.6) is 0 Å². The first kappa shape index (κ1) is 16.5. The van der Waals surface area contributed by atoms with Crippen LogP contribution in [0.25, 0.3) is 5.69 Å². The third-order valence-electron chi connectivity index (χ3n) is 4.90. The summed E-state index contributed by atoms with van der Waals surface area (Å²) in [5.41, 5.74) is 4.64. The quantitative estimate of drug-likeness (QED) is 0.721. The van der Waals surface area contributed by atoms with Crippen molar-refractivity contribution < 1.29 is 4.79 Å². The van der Waals surface area contributed by atoms with Crippen molar-refractivity contribution in [1.29, 1.82) is 0 Å². The molecule has 0 saturated carbocycles. The zero-order valence-corrected chi connectivity index (χ0v) is 15.3. The van der Waals surface area contributed by atoms with E-state index < -0.39 is 0 Å². The zero-order chi connectivity index (χ0) is 18.3. The number of nitrogens with zero attached hydrogens (tertiary/aromatic N) is 6. The highest BCUT2D eigenvalue weighted by molar-refractivity contribution is 5.94. The van der Waals surface area contributed by atoms with Gasteiger partial charge in [-0.1, -0.05) is 22.9 Å². The van der Waals surface area contributed by atoms with Crippen LogP contribution in [0.1, 0.15) is 27.4 Å². The Balaban J connectivity index is 1.36. The number of imidazole rings is 1. The van der Waals surface area contributed by atoms with Crippen molar-refractivity contribution >= 4 is 5.91 Å². The molecule has 3 heterocycles. The van der Waals surface area contributed by atoms with Crippen LogP contribution in [0.4, 0.5) is 0 Å². The van der Waals surface area contributed by atoms with E-state index in [0.717, 1.165) is 36.6 Å². The lowest BCUT2D eigenvalue weighted by atomic mass is 9.94. The van der Waals surface area contributed by atoms with Gasteiger partial charge in [0.1, 0.15) is 5.69 Å². The predicted molar refractivity (Wildman–Crippen MR) is 97.1 cm³/mol. The normalized spacial score (nSPS) is 14.5. The molecule has 26 heavy (non-hydrogen) atoms. The van der Waals surface area contributed by atoms with E-state index >= 15 is 0 Å². The van der Waals surface area contributed by atoms with Crippen LogP contribution < -0.4 is 0 Å². The van der Waals surface area contributed by atoms with Gasteiger partial charge < -0.3 is 9.47 Å². The number of amides is 1. The number of benzene rings is 1. The molecule has 1 amide bonds. The third-order valence-corrected chi connectivity index (χ3v) is 4.90. The van der Waals surface area contributed by atoms with Crippen LogP contribution in [0.15, 0.2) is 36.8 Å². The number of aryl methyl sites for hydroxylation is 3. The van der Waals surface area contributed by atoms with Gasteiger partial charge in [-0.15, -0.1) is 5.10 Å². The van der Waals surface area contributed by atoms with Gasteiger partial charge in [-0.05, 0) is 38.3 Å². The van der Waals surface area contributed by atoms with Gasteiger partial charge in [0.05, 0.1) is 29.6 Å². The molecule has 2 aromatic heterocycles. The molecule has 1 aliphatic rings. The van der Waals surface area contributed by atoms with Crippen LogP contribution in [0.3, 0.4) is 0 Å². The molecule has 3 aromatic rings. The molecular weight excluding hydrogens is 328 g/mol. The minimum atomic E-state index is 0.0575. The van der Waals surface area contributed by atoms with Crippen LogP contribution in [0, 0.1) is 19.8 Å². The molecule has 7 nitrogen and oxygen atoms in total. The fraction of sp³-hybridized carbons (Fsp3) is 0.368. The Morgan fingerprint density at radius 3 is 2.58 bits per heavy atom. The number of hydrogen-bond donors (Lipinski definition) is 0. The van der Waals surface area contributed by atoms with Crippen molar-refractivity contribution in [3.63, 3.8) is 0 Å². The molecule has 1 fully saturated rings. The highest BCUT2D eigenvalue weighted by Gasteiger charge is 2.33. The largest absolute Gasteiger partial charge is 0.337 e. The van der Waals surface area contributed by atoms with Gasteiger partial charge in [0.15, 0.2) is 0 Å². The van der Waals surface area contributed by atoms with E-state index in [2.05, 4.69) is 34.4 Å². The summed E-state index contributed by atoms with van der Waals surface area (Å²) < 4.78 is 3.59. The summed E-state index contributed by atoms with van der Waals surface area (Å²) >= 11 is 0. The van der Waals surface area contributed by atoms with E-state index in [4.69, 9.17) is 0 Å². The first-order valence-corrected chi connectivity index (χ1v) is 8.76. The second-order valence-electron chi connectivity index (χ2n) is 7.06. The van der Waals surface area contributed by atoms with E-state index in [9.17, 15) is 4.79 Å². The lowest BCUT2D eigenvalue weighted by molar-refractivity contribution is 0.0489. The zero-order valence-electron chi connectivity index (χ0n) is 15.3. The summed E-state index contributed by atoms with van der Waals surface area (Å²) in [4.78, 5) is 18.6. The van der Waals surface area contributed by atoms with Crippen molar-refractivity contribution in [1.82, 2.24) is 29.4 Å². The maximum Gasteiger partial charge on any atom is 0.272 e. The van der Waals surface area contributed by atoms with Gasteiger partial charge in [0.25, 0.3) is 5.91 Å². The first-order chi connectivity index (χ1) is 12.5. The minimum absolute atomic E-state index is 0.0575. The fourth-order valence-electron chi connectivity index (χ4n) is 3.38. The van der Waals surface area contributed by atoms with Gasteiger partial charge in [-0.3, -0.25) is 4.79 Å². The lowest BCUT2D eigenvalue weighted by Gasteiger charge is -2.39. The standard InChI is InChI=1S/C19H22N6O/c1-13-4-6-17(7-5-13)25-11-16(21-22-25)8-15-9-24(10-15)19(26)18-14(2)20-12-23(18)3/h4-7,11-12,15H,8-10H2,1-3H3. The van der Waals surface area contributed by atoms with E-state index in [1.807, 2.05) is 37.2 Å². The maximum absolute atomic E-state index is 12.6. The van der Waals surface area contributed by atoms with Crippen LogP contribution in [-0.2, 0) is 13.5 Å². The lowest BCUT2D eigenvalue weighted by Crippen LogP contribution is -2.51. The molecule has 0 unspecified atom stereocenters. The van der Waals surface area contributed by atoms with E-state index in [0.29, 0.717) is 11.6 Å². The Kier molecular flexibility index (Phi) is 4.06. The Hall–Kier alpha value is -2.96. The van der Waals surface area contributed by atoms with Crippen molar-refractivity contribution in [2.24, 2.45) is 13.0 Å². The third kappa shape index (κ3) is 3.00. The molecule has 0 atom stereocenters. The number of likely N-dealkylation sites (tertiary alicyclic amines) is 1. The molecule has 0 N–H and O–H groups in total.